The number of imidazole rings is 1. The highest BCUT2D eigenvalue weighted by molar-refractivity contribution is 7.98. The minimum Gasteiger partial charge on any atom is -0.344 e. The number of H-pyrrole nitrogens is 1. The number of nitriles is 1. The Balaban J connectivity index is 2.83. The van der Waals surface area contributed by atoms with E-state index in [1.54, 1.807) is 24.2 Å². The van der Waals surface area contributed by atoms with E-state index in [4.69, 9.17) is 5.26 Å². The molecule has 0 aliphatic carbocycles. The molecule has 0 atom stereocenters. The van der Waals surface area contributed by atoms with Gasteiger partial charge >= 0.3 is 0 Å². The van der Waals surface area contributed by atoms with Gasteiger partial charge in [-0.05, 0) is 18.4 Å². The molecule has 0 saturated heterocycles. The molecule has 0 spiro atoms. The van der Waals surface area contributed by atoms with Crippen LogP contribution in [0, 0.1) is 11.3 Å². The van der Waals surface area contributed by atoms with Crippen molar-refractivity contribution in [1.82, 2.24) is 9.97 Å². The Kier molecular flexibility index (Phi) is 1.95. The van der Waals surface area contributed by atoms with Gasteiger partial charge in [0, 0.05) is 4.90 Å². The van der Waals surface area contributed by atoms with Crippen LogP contribution in [0.2, 0.25) is 0 Å². The normalized spacial score (nSPS) is 10.2. The Bertz CT molecular complexity index is 481. The van der Waals surface area contributed by atoms with Gasteiger partial charge in [-0.25, -0.2) is 4.98 Å². The number of aromatic amines is 1. The Morgan fingerprint density at radius 2 is 2.38 bits per heavy atom. The van der Waals surface area contributed by atoms with Gasteiger partial charge in [0.1, 0.15) is 11.6 Å². The third kappa shape index (κ3) is 1.18. The first-order valence-electron chi connectivity index (χ1n) is 3.77. The summed E-state index contributed by atoms with van der Waals surface area (Å²) in [4.78, 5) is 8.25. The summed E-state index contributed by atoms with van der Waals surface area (Å²) < 4.78 is 0. The van der Waals surface area contributed by atoms with Crippen LogP contribution in [0.4, 0.5) is 0 Å². The fraction of sp³-hybridized carbons (Fsp3) is 0.111. The van der Waals surface area contributed by atoms with Gasteiger partial charge in [0.2, 0.25) is 0 Å². The fourth-order valence-electron chi connectivity index (χ4n) is 1.27. The SMILES string of the molecule is CSc1ccc(C#N)c2nc[nH]c12. The minimum absolute atomic E-state index is 0.619. The third-order valence-electron chi connectivity index (χ3n) is 1.88. The molecule has 2 aromatic rings. The van der Waals surface area contributed by atoms with Crippen molar-refractivity contribution in [2.24, 2.45) is 0 Å². The van der Waals surface area contributed by atoms with Crippen LogP contribution >= 0.6 is 11.8 Å². The molecule has 0 radical (unpaired) electrons. The molecule has 2 rings (SSSR count). The van der Waals surface area contributed by atoms with Gasteiger partial charge in [-0.3, -0.25) is 0 Å². The maximum Gasteiger partial charge on any atom is 0.107 e. The van der Waals surface area contributed by atoms with Gasteiger partial charge in [0.15, 0.2) is 0 Å². The molecule has 0 unspecified atom stereocenters. The highest BCUT2D eigenvalue weighted by Gasteiger charge is 2.06. The van der Waals surface area contributed by atoms with Crippen molar-refractivity contribution in [3.63, 3.8) is 0 Å². The summed E-state index contributed by atoms with van der Waals surface area (Å²) in [5, 5.41) is 8.81. The monoisotopic (exact) mass is 189 g/mol. The van der Waals surface area contributed by atoms with E-state index < -0.39 is 0 Å². The number of benzene rings is 1. The van der Waals surface area contributed by atoms with Crippen molar-refractivity contribution >= 4 is 22.8 Å². The molecule has 4 heteroatoms. The summed E-state index contributed by atoms with van der Waals surface area (Å²) in [7, 11) is 0. The first kappa shape index (κ1) is 8.14. The number of rotatable bonds is 1. The average Bonchev–Trinajstić information content (AvgIpc) is 2.64. The van der Waals surface area contributed by atoms with Crippen LogP contribution < -0.4 is 0 Å². The van der Waals surface area contributed by atoms with Crippen LogP contribution in [0.15, 0.2) is 23.4 Å². The number of hydrogen-bond donors (Lipinski definition) is 1. The molecule has 13 heavy (non-hydrogen) atoms. The highest BCUT2D eigenvalue weighted by Crippen LogP contribution is 2.25. The van der Waals surface area contributed by atoms with Gasteiger partial charge in [-0.15, -0.1) is 11.8 Å². The first-order chi connectivity index (χ1) is 6.36. The second-order valence-corrected chi connectivity index (χ2v) is 3.40. The van der Waals surface area contributed by atoms with Crippen LogP contribution in [0.5, 0.6) is 0 Å². The summed E-state index contributed by atoms with van der Waals surface area (Å²) in [6.07, 6.45) is 3.62. The number of fused-ring (bicyclic) bond motifs is 1. The topological polar surface area (TPSA) is 52.5 Å². The zero-order valence-electron chi connectivity index (χ0n) is 7.03. The molecule has 0 bridgehead atoms. The quantitative estimate of drug-likeness (QED) is 0.699. The van der Waals surface area contributed by atoms with E-state index in [0.29, 0.717) is 5.56 Å². The van der Waals surface area contributed by atoms with E-state index in [2.05, 4.69) is 16.0 Å². The summed E-state index contributed by atoms with van der Waals surface area (Å²) >= 11 is 1.64. The predicted octanol–water partition coefficient (Wildman–Crippen LogP) is 2.16. The van der Waals surface area contributed by atoms with E-state index in [-0.39, 0.29) is 0 Å². The van der Waals surface area contributed by atoms with E-state index in [0.717, 1.165) is 15.9 Å². The van der Waals surface area contributed by atoms with E-state index in [1.807, 2.05) is 12.3 Å². The van der Waals surface area contributed by atoms with Crippen LogP contribution in [-0.2, 0) is 0 Å². The number of hydrogen-bond acceptors (Lipinski definition) is 3. The lowest BCUT2D eigenvalue weighted by molar-refractivity contribution is 1.33. The number of nitrogens with one attached hydrogen (secondary N) is 1. The van der Waals surface area contributed by atoms with Crippen molar-refractivity contribution in [1.29, 1.82) is 5.26 Å². The Morgan fingerprint density at radius 1 is 1.54 bits per heavy atom. The zero-order chi connectivity index (χ0) is 9.26. The smallest absolute Gasteiger partial charge is 0.107 e. The zero-order valence-corrected chi connectivity index (χ0v) is 7.85. The Hall–Kier alpha value is -1.47. The standard InChI is InChI=1S/C9H7N3S/c1-13-7-3-2-6(4-10)8-9(7)12-5-11-8/h2-3,5H,1H3,(H,11,12). The largest absolute Gasteiger partial charge is 0.344 e. The van der Waals surface area contributed by atoms with Crippen molar-refractivity contribution in [2.45, 2.75) is 4.90 Å². The maximum absolute atomic E-state index is 8.81. The maximum atomic E-state index is 8.81. The van der Waals surface area contributed by atoms with Gasteiger partial charge in [-0.1, -0.05) is 0 Å². The minimum atomic E-state index is 0.619. The van der Waals surface area contributed by atoms with E-state index in [1.165, 1.54) is 0 Å². The summed E-state index contributed by atoms with van der Waals surface area (Å²) in [6.45, 7) is 0. The molecule has 3 nitrogen and oxygen atoms in total. The van der Waals surface area contributed by atoms with Crippen LogP contribution in [0.1, 0.15) is 5.56 Å². The van der Waals surface area contributed by atoms with Gasteiger partial charge in [0.25, 0.3) is 0 Å². The second-order valence-electron chi connectivity index (χ2n) is 2.55. The van der Waals surface area contributed by atoms with Gasteiger partial charge in [-0.2, -0.15) is 5.26 Å². The Morgan fingerprint density at radius 3 is 3.08 bits per heavy atom. The molecule has 0 aliphatic rings. The lowest BCUT2D eigenvalue weighted by Gasteiger charge is -1.98. The van der Waals surface area contributed by atoms with Crippen molar-refractivity contribution in [3.8, 4) is 6.07 Å². The molecule has 1 heterocycles. The average molecular weight is 189 g/mol. The molecule has 1 aromatic heterocycles. The molecule has 64 valence electrons. The lowest BCUT2D eigenvalue weighted by Crippen LogP contribution is -1.80. The summed E-state index contributed by atoms with van der Waals surface area (Å²) in [6, 6.07) is 5.85. The van der Waals surface area contributed by atoms with E-state index in [9.17, 15) is 0 Å². The summed E-state index contributed by atoms with van der Waals surface area (Å²) in [5.74, 6) is 0. The second kappa shape index (κ2) is 3.11. The molecule has 1 N–H and O–H groups in total. The van der Waals surface area contributed by atoms with Gasteiger partial charge in [0.05, 0.1) is 17.4 Å². The molecular weight excluding hydrogens is 182 g/mol. The first-order valence-corrected chi connectivity index (χ1v) is 4.99. The molecule has 1 aromatic carbocycles. The fourth-order valence-corrected chi connectivity index (χ4v) is 1.83. The highest BCUT2D eigenvalue weighted by atomic mass is 32.2. The van der Waals surface area contributed by atoms with Crippen LogP contribution in [-0.4, -0.2) is 16.2 Å². The van der Waals surface area contributed by atoms with Crippen LogP contribution in [0.25, 0.3) is 11.0 Å². The molecular formula is C9H7N3S. The molecule has 0 fully saturated rings. The Labute approximate surface area is 79.8 Å². The van der Waals surface area contributed by atoms with Crippen LogP contribution in [0.3, 0.4) is 0 Å². The van der Waals surface area contributed by atoms with Crippen molar-refractivity contribution in [3.05, 3.63) is 24.0 Å². The number of nitrogens with zero attached hydrogens (tertiary/aromatic N) is 2. The lowest BCUT2D eigenvalue weighted by atomic mass is 10.2. The molecule has 0 aliphatic heterocycles. The number of thioether (sulfide) groups is 1. The summed E-state index contributed by atoms with van der Waals surface area (Å²) in [5.41, 5.74) is 2.33. The molecule has 0 amide bonds. The predicted molar refractivity (Wildman–Crippen MR) is 52.6 cm³/mol. The third-order valence-corrected chi connectivity index (χ3v) is 2.66. The van der Waals surface area contributed by atoms with Crippen molar-refractivity contribution in [2.75, 3.05) is 6.26 Å². The van der Waals surface area contributed by atoms with Crippen molar-refractivity contribution < 1.29 is 0 Å². The molecule has 0 saturated carbocycles. The number of aromatic nitrogens is 2. The van der Waals surface area contributed by atoms with E-state index >= 15 is 0 Å². The van der Waals surface area contributed by atoms with Gasteiger partial charge < -0.3 is 4.98 Å².